The first-order valence-corrected chi connectivity index (χ1v) is 13.6. The van der Waals surface area contributed by atoms with Gasteiger partial charge in [-0.1, -0.05) is 27.7 Å². The van der Waals surface area contributed by atoms with E-state index in [1.165, 1.54) is 0 Å². The molecule has 1 aromatic carbocycles. The number of carbonyl (C=O) groups is 2. The first-order valence-electron chi connectivity index (χ1n) is 13.6. The van der Waals surface area contributed by atoms with E-state index in [9.17, 15) is 9.59 Å². The Hall–Kier alpha value is -1.92. The van der Waals surface area contributed by atoms with E-state index in [-0.39, 0.29) is 23.1 Å². The first-order chi connectivity index (χ1) is 16.9. The number of benzene rings is 1. The molecule has 0 aliphatic carbocycles. The van der Waals surface area contributed by atoms with Crippen molar-refractivity contribution in [3.8, 4) is 0 Å². The average molecular weight is 507 g/mol. The van der Waals surface area contributed by atoms with E-state index >= 15 is 0 Å². The molecular formula is C30H50O6. The number of ether oxygens (including phenoxy) is 4. The van der Waals surface area contributed by atoms with Gasteiger partial charge in [0, 0.05) is 13.2 Å². The summed E-state index contributed by atoms with van der Waals surface area (Å²) in [5.41, 5.74) is 0.667. The molecule has 6 heteroatoms. The summed E-state index contributed by atoms with van der Waals surface area (Å²) in [6.07, 6.45) is 5.38. The van der Waals surface area contributed by atoms with E-state index in [2.05, 4.69) is 55.4 Å². The second kappa shape index (κ2) is 16.0. The van der Waals surface area contributed by atoms with Gasteiger partial charge in [-0.05, 0) is 102 Å². The summed E-state index contributed by atoms with van der Waals surface area (Å²) >= 11 is 0. The van der Waals surface area contributed by atoms with Crippen molar-refractivity contribution < 1.29 is 28.5 Å². The fourth-order valence-corrected chi connectivity index (χ4v) is 3.18. The molecule has 0 aromatic heterocycles. The smallest absolute Gasteiger partial charge is 0.338 e. The predicted molar refractivity (Wildman–Crippen MR) is 144 cm³/mol. The van der Waals surface area contributed by atoms with Crippen LogP contribution in [0.3, 0.4) is 0 Å². The van der Waals surface area contributed by atoms with Gasteiger partial charge in [0.2, 0.25) is 0 Å². The minimum absolute atomic E-state index is 0.0931. The lowest BCUT2D eigenvalue weighted by Gasteiger charge is -2.24. The lowest BCUT2D eigenvalue weighted by molar-refractivity contribution is -0.0263. The Kier molecular flexibility index (Phi) is 14.3. The number of carbonyl (C=O) groups excluding carboxylic acids is 2. The zero-order valence-electron chi connectivity index (χ0n) is 24.0. The Labute approximate surface area is 219 Å². The Morgan fingerprint density at radius 2 is 0.944 bits per heavy atom. The quantitative estimate of drug-likeness (QED) is 0.195. The largest absolute Gasteiger partial charge is 0.462 e. The molecule has 2 unspecified atom stereocenters. The summed E-state index contributed by atoms with van der Waals surface area (Å²) in [6, 6.07) is 6.44. The highest BCUT2D eigenvalue weighted by molar-refractivity contribution is 5.93. The SMILES string of the molecule is CCC(C)(C)OCCC(C)CCOC(=O)c1ccc(C(=O)OCCC(C)CCOC(C)(C)CC)cc1. The molecule has 0 heterocycles. The predicted octanol–water partition coefficient (Wildman–Crippen LogP) is 7.24. The van der Waals surface area contributed by atoms with Crippen LogP contribution in [0.2, 0.25) is 0 Å². The Bertz CT molecular complexity index is 703. The second-order valence-corrected chi connectivity index (χ2v) is 11.1. The summed E-state index contributed by atoms with van der Waals surface area (Å²) in [5, 5.41) is 0. The van der Waals surface area contributed by atoms with Crippen LogP contribution in [0.15, 0.2) is 24.3 Å². The van der Waals surface area contributed by atoms with E-state index in [4.69, 9.17) is 18.9 Å². The molecule has 0 amide bonds. The zero-order chi connectivity index (χ0) is 27.2. The molecule has 0 spiro atoms. The van der Waals surface area contributed by atoms with Gasteiger partial charge in [-0.3, -0.25) is 0 Å². The minimum atomic E-state index is -0.382. The molecule has 0 fully saturated rings. The van der Waals surface area contributed by atoms with Gasteiger partial charge in [-0.15, -0.1) is 0 Å². The first kappa shape index (κ1) is 32.1. The molecule has 0 saturated heterocycles. The van der Waals surface area contributed by atoms with Gasteiger partial charge in [-0.2, -0.15) is 0 Å². The van der Waals surface area contributed by atoms with Crippen LogP contribution in [0, 0.1) is 11.8 Å². The second-order valence-electron chi connectivity index (χ2n) is 11.1. The Balaban J connectivity index is 2.30. The molecule has 0 bridgehead atoms. The van der Waals surface area contributed by atoms with Crippen molar-refractivity contribution in [1.29, 1.82) is 0 Å². The molecule has 0 N–H and O–H groups in total. The zero-order valence-corrected chi connectivity index (χ0v) is 24.0. The van der Waals surface area contributed by atoms with E-state index < -0.39 is 0 Å². The highest BCUT2D eigenvalue weighted by Gasteiger charge is 2.17. The fourth-order valence-electron chi connectivity index (χ4n) is 3.18. The van der Waals surface area contributed by atoms with Crippen LogP contribution in [0.1, 0.15) is 115 Å². The van der Waals surface area contributed by atoms with Gasteiger partial charge >= 0.3 is 11.9 Å². The Morgan fingerprint density at radius 1 is 0.639 bits per heavy atom. The highest BCUT2D eigenvalue weighted by Crippen LogP contribution is 2.18. The maximum absolute atomic E-state index is 12.3. The normalized spacial score (nSPS) is 13.8. The molecule has 0 saturated carbocycles. The van der Waals surface area contributed by atoms with Crippen molar-refractivity contribution in [1.82, 2.24) is 0 Å². The van der Waals surface area contributed by atoms with Crippen LogP contribution in [0.5, 0.6) is 0 Å². The average Bonchev–Trinajstić information content (AvgIpc) is 2.83. The molecule has 0 aliphatic heterocycles. The summed E-state index contributed by atoms with van der Waals surface area (Å²) in [6.45, 7) is 19.0. The summed E-state index contributed by atoms with van der Waals surface area (Å²) in [4.78, 5) is 24.7. The molecule has 1 rings (SSSR count). The van der Waals surface area contributed by atoms with E-state index in [1.54, 1.807) is 24.3 Å². The lowest BCUT2D eigenvalue weighted by atomic mass is 10.0. The molecule has 2 atom stereocenters. The van der Waals surface area contributed by atoms with Crippen molar-refractivity contribution in [3.63, 3.8) is 0 Å². The third kappa shape index (κ3) is 13.4. The third-order valence-corrected chi connectivity index (χ3v) is 6.95. The molecule has 36 heavy (non-hydrogen) atoms. The van der Waals surface area contributed by atoms with Crippen molar-refractivity contribution in [2.75, 3.05) is 26.4 Å². The highest BCUT2D eigenvalue weighted by atomic mass is 16.5. The lowest BCUT2D eigenvalue weighted by Crippen LogP contribution is -2.24. The van der Waals surface area contributed by atoms with Gasteiger partial charge in [0.25, 0.3) is 0 Å². The standard InChI is InChI=1S/C30H50O6/c1-9-29(5,6)35-21-17-23(3)15-19-33-27(31)25-11-13-26(14-12-25)28(32)34-20-16-24(4)18-22-36-30(7,8)10-2/h11-14,23-24H,9-10,15-22H2,1-8H3. The summed E-state index contributed by atoms with van der Waals surface area (Å²) in [5.74, 6) is 0.0441. The minimum Gasteiger partial charge on any atom is -0.462 e. The molecule has 206 valence electrons. The van der Waals surface area contributed by atoms with Crippen molar-refractivity contribution in [2.45, 2.75) is 105 Å². The number of hydrogen-bond acceptors (Lipinski definition) is 6. The van der Waals surface area contributed by atoms with Gasteiger partial charge in [0.1, 0.15) is 0 Å². The third-order valence-electron chi connectivity index (χ3n) is 6.95. The molecule has 0 aliphatic rings. The van der Waals surface area contributed by atoms with Crippen LogP contribution >= 0.6 is 0 Å². The topological polar surface area (TPSA) is 71.1 Å². The van der Waals surface area contributed by atoms with E-state index in [1.807, 2.05) is 0 Å². The van der Waals surface area contributed by atoms with Crippen molar-refractivity contribution >= 4 is 11.9 Å². The maximum atomic E-state index is 12.3. The fraction of sp³-hybridized carbons (Fsp3) is 0.733. The van der Waals surface area contributed by atoms with Crippen molar-refractivity contribution in [2.24, 2.45) is 11.8 Å². The number of esters is 2. The molecule has 6 nitrogen and oxygen atoms in total. The summed E-state index contributed by atoms with van der Waals surface area (Å²) in [7, 11) is 0. The molecular weight excluding hydrogens is 456 g/mol. The Morgan fingerprint density at radius 3 is 1.25 bits per heavy atom. The van der Waals surface area contributed by atoms with Crippen LogP contribution in [-0.4, -0.2) is 49.6 Å². The maximum Gasteiger partial charge on any atom is 0.338 e. The van der Waals surface area contributed by atoms with Crippen LogP contribution < -0.4 is 0 Å². The monoisotopic (exact) mass is 506 g/mol. The van der Waals surface area contributed by atoms with Crippen LogP contribution in [0.25, 0.3) is 0 Å². The number of hydrogen-bond donors (Lipinski definition) is 0. The van der Waals surface area contributed by atoms with E-state index in [0.29, 0.717) is 49.4 Å². The van der Waals surface area contributed by atoms with Gasteiger partial charge in [0.05, 0.1) is 35.5 Å². The van der Waals surface area contributed by atoms with Crippen LogP contribution in [0.4, 0.5) is 0 Å². The van der Waals surface area contributed by atoms with Crippen molar-refractivity contribution in [3.05, 3.63) is 35.4 Å². The molecule has 1 aromatic rings. The summed E-state index contributed by atoms with van der Waals surface area (Å²) < 4.78 is 22.6. The number of rotatable bonds is 18. The molecule has 0 radical (unpaired) electrons. The van der Waals surface area contributed by atoms with Gasteiger partial charge in [0.15, 0.2) is 0 Å². The van der Waals surface area contributed by atoms with Gasteiger partial charge < -0.3 is 18.9 Å². The van der Waals surface area contributed by atoms with Gasteiger partial charge in [-0.25, -0.2) is 9.59 Å². The van der Waals surface area contributed by atoms with Crippen LogP contribution in [-0.2, 0) is 18.9 Å². The van der Waals surface area contributed by atoms with E-state index in [0.717, 1.165) is 38.5 Å².